The van der Waals surface area contributed by atoms with Gasteiger partial charge in [-0.1, -0.05) is 0 Å². The van der Waals surface area contributed by atoms with Crippen LogP contribution in [0, 0.1) is 0 Å². The minimum Gasteiger partial charge on any atom is -0.389 e. The molecule has 0 radical (unpaired) electrons. The molecule has 8 nitrogen and oxygen atoms in total. The van der Waals surface area contributed by atoms with Gasteiger partial charge < -0.3 is 20.1 Å². The molecule has 1 aliphatic heterocycles. The monoisotopic (exact) mass is 337 g/mol. The minimum absolute atomic E-state index is 0.0214. The Bertz CT molecular complexity index is 674. The predicted octanol–water partition coefficient (Wildman–Crippen LogP) is -0.786. The number of thiazole rings is 1. The quantitative estimate of drug-likeness (QED) is 0.661. The predicted molar refractivity (Wildman–Crippen MR) is 83.9 cm³/mol. The topological polar surface area (TPSA) is 104 Å². The van der Waals surface area contributed by atoms with Crippen LogP contribution in [-0.4, -0.2) is 66.9 Å². The number of aromatic nitrogens is 3. The first-order valence-corrected chi connectivity index (χ1v) is 8.16. The van der Waals surface area contributed by atoms with Crippen LogP contribution in [0.3, 0.4) is 0 Å². The number of hydrogen-bond acceptors (Lipinski definition) is 7. The van der Waals surface area contributed by atoms with Crippen molar-refractivity contribution in [3.63, 3.8) is 0 Å². The molecule has 0 unspecified atom stereocenters. The molecular weight excluding hydrogens is 318 g/mol. The average molecular weight is 337 g/mol. The highest BCUT2D eigenvalue weighted by Crippen LogP contribution is 2.23. The number of aliphatic hydroxyl groups excluding tert-OH is 1. The van der Waals surface area contributed by atoms with Crippen molar-refractivity contribution in [1.29, 1.82) is 0 Å². The lowest BCUT2D eigenvalue weighted by Crippen LogP contribution is -2.51. The number of aliphatic hydroxyl groups is 2. The van der Waals surface area contributed by atoms with Crippen molar-refractivity contribution >= 4 is 17.2 Å². The summed E-state index contributed by atoms with van der Waals surface area (Å²) in [5.41, 5.74) is 1.51. The summed E-state index contributed by atoms with van der Waals surface area (Å²) in [6, 6.07) is 0. The van der Waals surface area contributed by atoms with Crippen LogP contribution in [0.5, 0.6) is 0 Å². The van der Waals surface area contributed by atoms with Gasteiger partial charge in [0.25, 0.3) is 5.91 Å². The molecule has 0 aromatic carbocycles. The van der Waals surface area contributed by atoms with E-state index in [2.05, 4.69) is 15.3 Å². The zero-order valence-electron chi connectivity index (χ0n) is 12.7. The second-order valence-corrected chi connectivity index (χ2v) is 6.56. The summed E-state index contributed by atoms with van der Waals surface area (Å²) in [6.07, 6.45) is 2.54. The van der Waals surface area contributed by atoms with Crippen molar-refractivity contribution in [2.24, 2.45) is 7.05 Å². The third-order valence-electron chi connectivity index (χ3n) is 4.07. The molecule has 1 aliphatic rings. The van der Waals surface area contributed by atoms with E-state index in [1.54, 1.807) is 23.4 Å². The third kappa shape index (κ3) is 3.42. The van der Waals surface area contributed by atoms with Gasteiger partial charge in [0.2, 0.25) is 0 Å². The van der Waals surface area contributed by atoms with Gasteiger partial charge in [-0.3, -0.25) is 9.69 Å². The van der Waals surface area contributed by atoms with Crippen molar-refractivity contribution in [3.05, 3.63) is 34.8 Å². The van der Waals surface area contributed by atoms with Crippen LogP contribution in [0.15, 0.2) is 23.4 Å². The van der Waals surface area contributed by atoms with Gasteiger partial charge in [-0.2, -0.15) is 0 Å². The van der Waals surface area contributed by atoms with E-state index in [4.69, 9.17) is 0 Å². The number of rotatable bonds is 5. The molecule has 0 bridgehead atoms. The number of hydrogen-bond donors (Lipinski definition) is 3. The Kier molecular flexibility index (Phi) is 4.44. The number of β-amino-alcohol motifs (C(OH)–C–C–N with tert-alkyl or cyclic N) is 2. The molecule has 0 spiro atoms. The number of amides is 1. The molecule has 3 N–H and O–H groups in total. The highest BCUT2D eigenvalue weighted by Gasteiger charge is 2.44. The number of nitrogens with zero attached hydrogens (tertiary/aromatic N) is 4. The minimum atomic E-state index is -1.37. The maximum Gasteiger partial charge on any atom is 0.270 e. The van der Waals surface area contributed by atoms with Gasteiger partial charge in [-0.25, -0.2) is 9.97 Å². The molecule has 0 aliphatic carbocycles. The highest BCUT2D eigenvalue weighted by atomic mass is 32.1. The van der Waals surface area contributed by atoms with Gasteiger partial charge in [0.1, 0.15) is 11.3 Å². The number of carbonyl (C=O) groups is 1. The van der Waals surface area contributed by atoms with Crippen LogP contribution in [0.4, 0.5) is 0 Å². The number of nitrogens with one attached hydrogen (secondary N) is 1. The molecule has 124 valence electrons. The largest absolute Gasteiger partial charge is 0.389 e. The van der Waals surface area contributed by atoms with E-state index >= 15 is 0 Å². The average Bonchev–Trinajstić information content (AvgIpc) is 3.22. The fraction of sp³-hybridized carbons (Fsp3) is 0.500. The molecule has 3 rings (SSSR count). The van der Waals surface area contributed by atoms with E-state index in [1.807, 2.05) is 16.5 Å². The van der Waals surface area contributed by atoms with Crippen LogP contribution in [-0.2, 0) is 13.6 Å². The Morgan fingerprint density at radius 3 is 3.09 bits per heavy atom. The van der Waals surface area contributed by atoms with E-state index < -0.39 is 11.7 Å². The summed E-state index contributed by atoms with van der Waals surface area (Å²) in [4.78, 5) is 21.8. The van der Waals surface area contributed by atoms with Gasteiger partial charge in [-0.15, -0.1) is 11.3 Å². The molecule has 23 heavy (non-hydrogen) atoms. The SMILES string of the molecule is Cn1cncc1CN1C[C@@H](O)[C@](O)(CNC(=O)c2cscn2)C1. The van der Waals surface area contributed by atoms with Crippen molar-refractivity contribution < 1.29 is 15.0 Å². The highest BCUT2D eigenvalue weighted by molar-refractivity contribution is 7.07. The Morgan fingerprint density at radius 1 is 1.61 bits per heavy atom. The van der Waals surface area contributed by atoms with Crippen LogP contribution >= 0.6 is 11.3 Å². The number of carbonyl (C=O) groups excluding carboxylic acids is 1. The van der Waals surface area contributed by atoms with Crippen molar-refractivity contribution in [2.75, 3.05) is 19.6 Å². The van der Waals surface area contributed by atoms with E-state index in [0.29, 0.717) is 18.8 Å². The van der Waals surface area contributed by atoms with E-state index in [-0.39, 0.29) is 19.0 Å². The summed E-state index contributed by atoms with van der Waals surface area (Å²) >= 11 is 1.33. The molecule has 2 aromatic heterocycles. The zero-order valence-corrected chi connectivity index (χ0v) is 13.5. The normalized spacial score (nSPS) is 24.9. The lowest BCUT2D eigenvalue weighted by atomic mass is 10.0. The lowest BCUT2D eigenvalue weighted by Gasteiger charge is -2.26. The zero-order chi connectivity index (χ0) is 16.4. The molecule has 0 saturated carbocycles. The molecule has 1 fully saturated rings. The summed E-state index contributed by atoms with van der Waals surface area (Å²) in [7, 11) is 1.90. The van der Waals surface area contributed by atoms with Gasteiger partial charge in [-0.05, 0) is 0 Å². The van der Waals surface area contributed by atoms with E-state index in [0.717, 1.165) is 5.69 Å². The maximum absolute atomic E-state index is 11.9. The molecule has 1 saturated heterocycles. The Hall–Kier alpha value is -1.81. The molecule has 9 heteroatoms. The van der Waals surface area contributed by atoms with Gasteiger partial charge in [0.05, 0.1) is 30.2 Å². The first-order chi connectivity index (χ1) is 11.0. The second kappa shape index (κ2) is 6.36. The fourth-order valence-corrected chi connectivity index (χ4v) is 3.21. The Balaban J connectivity index is 1.58. The standard InChI is InChI=1S/C14H19N5O3S/c1-18-8-15-2-10(18)3-19-4-12(20)14(22,7-19)6-16-13(21)11-5-23-9-17-11/h2,5,8-9,12,20,22H,3-4,6-7H2,1H3,(H,16,21)/t12-,14+/m1/s1. The molecule has 1 amide bonds. The van der Waals surface area contributed by atoms with Gasteiger partial charge >= 0.3 is 0 Å². The Labute approximate surface area is 137 Å². The number of aryl methyl sites for hydroxylation is 1. The van der Waals surface area contributed by atoms with Gasteiger partial charge in [0, 0.05) is 38.3 Å². The third-order valence-corrected chi connectivity index (χ3v) is 4.66. The second-order valence-electron chi connectivity index (χ2n) is 5.84. The van der Waals surface area contributed by atoms with Crippen molar-refractivity contribution in [1.82, 2.24) is 24.8 Å². The molecule has 3 heterocycles. The van der Waals surface area contributed by atoms with Gasteiger partial charge in [0.15, 0.2) is 0 Å². The number of likely N-dealkylation sites (tertiary alicyclic amines) is 1. The number of imidazole rings is 1. The van der Waals surface area contributed by atoms with Crippen LogP contribution < -0.4 is 5.32 Å². The van der Waals surface area contributed by atoms with E-state index in [9.17, 15) is 15.0 Å². The summed E-state index contributed by atoms with van der Waals surface area (Å²) in [5, 5.41) is 25.1. The lowest BCUT2D eigenvalue weighted by molar-refractivity contribution is -0.0377. The van der Waals surface area contributed by atoms with Crippen LogP contribution in [0.2, 0.25) is 0 Å². The molecule has 2 atom stereocenters. The molecular formula is C14H19N5O3S. The van der Waals surface area contributed by atoms with Crippen molar-refractivity contribution in [3.8, 4) is 0 Å². The smallest absolute Gasteiger partial charge is 0.270 e. The van der Waals surface area contributed by atoms with Crippen molar-refractivity contribution in [2.45, 2.75) is 18.2 Å². The van der Waals surface area contributed by atoms with E-state index in [1.165, 1.54) is 11.3 Å². The first kappa shape index (κ1) is 16.1. The fourth-order valence-electron chi connectivity index (χ4n) is 2.68. The molecule has 2 aromatic rings. The summed E-state index contributed by atoms with van der Waals surface area (Å²) < 4.78 is 1.90. The summed E-state index contributed by atoms with van der Waals surface area (Å²) in [6.45, 7) is 1.17. The maximum atomic E-state index is 11.9. The summed E-state index contributed by atoms with van der Waals surface area (Å²) in [5.74, 6) is -0.350. The van der Waals surface area contributed by atoms with Crippen LogP contribution in [0.25, 0.3) is 0 Å². The Morgan fingerprint density at radius 2 is 2.43 bits per heavy atom. The van der Waals surface area contributed by atoms with Crippen LogP contribution in [0.1, 0.15) is 16.2 Å². The first-order valence-electron chi connectivity index (χ1n) is 7.22.